The first-order valence-electron chi connectivity index (χ1n) is 4.06. The molecule has 0 atom stereocenters. The molecule has 0 amide bonds. The number of hydrogen-bond acceptors (Lipinski definition) is 2. The van der Waals surface area contributed by atoms with Gasteiger partial charge in [0.15, 0.2) is 5.95 Å². The lowest BCUT2D eigenvalue weighted by Crippen LogP contribution is -1.84. The van der Waals surface area contributed by atoms with Crippen LogP contribution < -0.4 is 5.73 Å². The van der Waals surface area contributed by atoms with Crippen molar-refractivity contribution >= 4 is 17.0 Å². The largest absolute Gasteiger partial charge is 0.369 e. The number of nitrogens with one attached hydrogen (secondary N) is 1. The smallest absolute Gasteiger partial charge is 0.198 e. The molecule has 0 aliphatic heterocycles. The third kappa shape index (κ3) is 2.79. The molecule has 3 heteroatoms. The van der Waals surface area contributed by atoms with Gasteiger partial charge < -0.3 is 10.7 Å². The molecule has 0 saturated heterocycles. The summed E-state index contributed by atoms with van der Waals surface area (Å²) in [5, 5.41) is 0. The number of rotatable bonds is 0. The molecule has 0 saturated carbocycles. The number of nitrogens with zero attached hydrogens (tertiary/aromatic N) is 1. The van der Waals surface area contributed by atoms with Crippen molar-refractivity contribution in [2.45, 2.75) is 0 Å². The van der Waals surface area contributed by atoms with Crippen molar-refractivity contribution in [3.05, 3.63) is 50.6 Å². The molecule has 0 spiro atoms. The summed E-state index contributed by atoms with van der Waals surface area (Å²) in [4.78, 5) is 6.96. The number of benzene rings is 1. The van der Waals surface area contributed by atoms with Gasteiger partial charge in [0.1, 0.15) is 0 Å². The van der Waals surface area contributed by atoms with E-state index in [1.54, 1.807) is 0 Å². The van der Waals surface area contributed by atoms with Gasteiger partial charge in [-0.15, -0.1) is 26.3 Å². The van der Waals surface area contributed by atoms with Crippen LogP contribution in [-0.4, -0.2) is 9.97 Å². The molecular formula is C11H15N3. The molecule has 2 rings (SSSR count). The number of para-hydroxylation sites is 2. The van der Waals surface area contributed by atoms with Gasteiger partial charge >= 0.3 is 0 Å². The fourth-order valence-corrected chi connectivity index (χ4v) is 0.973. The Morgan fingerprint density at radius 2 is 1.64 bits per heavy atom. The van der Waals surface area contributed by atoms with E-state index in [1.165, 1.54) is 0 Å². The van der Waals surface area contributed by atoms with E-state index in [2.05, 4.69) is 36.3 Å². The second kappa shape index (κ2) is 6.48. The van der Waals surface area contributed by atoms with Crippen molar-refractivity contribution in [3.8, 4) is 0 Å². The van der Waals surface area contributed by atoms with Crippen LogP contribution >= 0.6 is 0 Å². The molecule has 3 nitrogen and oxygen atoms in total. The number of imidazole rings is 1. The Balaban J connectivity index is 0.000000379. The molecule has 0 fully saturated rings. The lowest BCUT2D eigenvalue weighted by atomic mass is 10.3. The monoisotopic (exact) mass is 189 g/mol. The molecule has 14 heavy (non-hydrogen) atoms. The van der Waals surface area contributed by atoms with E-state index in [4.69, 9.17) is 5.73 Å². The van der Waals surface area contributed by atoms with Crippen LogP contribution in [0.4, 0.5) is 5.95 Å². The van der Waals surface area contributed by atoms with E-state index in [1.807, 2.05) is 24.3 Å². The molecule has 0 radical (unpaired) electrons. The minimum Gasteiger partial charge on any atom is -0.369 e. The highest BCUT2D eigenvalue weighted by Gasteiger charge is 1.94. The first-order valence-corrected chi connectivity index (χ1v) is 4.06. The van der Waals surface area contributed by atoms with E-state index in [0.29, 0.717) is 5.95 Å². The first kappa shape index (κ1) is 12.0. The second-order valence-corrected chi connectivity index (χ2v) is 2.14. The van der Waals surface area contributed by atoms with Gasteiger partial charge in [0.2, 0.25) is 0 Å². The molecule has 1 aromatic heterocycles. The Hall–Kier alpha value is -2.03. The summed E-state index contributed by atoms with van der Waals surface area (Å²) < 4.78 is 0. The molecule has 0 aliphatic carbocycles. The predicted molar refractivity (Wildman–Crippen MR) is 63.0 cm³/mol. The number of nitrogens with two attached hydrogens (primary N) is 1. The Morgan fingerprint density at radius 1 is 1.07 bits per heavy atom. The summed E-state index contributed by atoms with van der Waals surface area (Å²) in [6, 6.07) is 7.74. The van der Waals surface area contributed by atoms with Crippen LogP contribution in [0.2, 0.25) is 0 Å². The minimum absolute atomic E-state index is 0.473. The van der Waals surface area contributed by atoms with E-state index >= 15 is 0 Å². The summed E-state index contributed by atoms with van der Waals surface area (Å²) >= 11 is 0. The average molecular weight is 189 g/mol. The third-order valence-electron chi connectivity index (χ3n) is 1.41. The van der Waals surface area contributed by atoms with Crippen molar-refractivity contribution in [1.29, 1.82) is 0 Å². The van der Waals surface area contributed by atoms with Gasteiger partial charge in [0.25, 0.3) is 0 Å². The highest BCUT2D eigenvalue weighted by Crippen LogP contribution is 2.10. The normalized spacial score (nSPS) is 8.00. The van der Waals surface area contributed by atoms with Crippen molar-refractivity contribution < 1.29 is 0 Å². The fraction of sp³-hybridized carbons (Fsp3) is 0. The van der Waals surface area contributed by atoms with Gasteiger partial charge in [0, 0.05) is 0 Å². The van der Waals surface area contributed by atoms with E-state index in [0.717, 1.165) is 11.0 Å². The highest BCUT2D eigenvalue weighted by atomic mass is 15.0. The second-order valence-electron chi connectivity index (χ2n) is 2.14. The maximum Gasteiger partial charge on any atom is 0.198 e. The number of fused-ring (bicyclic) bond motifs is 1. The molecule has 3 N–H and O–H groups in total. The summed E-state index contributed by atoms with van der Waals surface area (Å²) in [5.74, 6) is 0.473. The molecular weight excluding hydrogens is 174 g/mol. The van der Waals surface area contributed by atoms with Crippen molar-refractivity contribution in [1.82, 2.24) is 9.97 Å². The molecule has 74 valence electrons. The average Bonchev–Trinajstić information content (AvgIpc) is 2.64. The number of hydrogen-bond donors (Lipinski definition) is 2. The van der Waals surface area contributed by atoms with Crippen LogP contribution in [-0.2, 0) is 0 Å². The van der Waals surface area contributed by atoms with Gasteiger partial charge in [-0.2, -0.15) is 0 Å². The minimum atomic E-state index is 0.473. The zero-order valence-corrected chi connectivity index (χ0v) is 8.16. The predicted octanol–water partition coefficient (Wildman–Crippen LogP) is 2.75. The van der Waals surface area contributed by atoms with Crippen LogP contribution in [0.5, 0.6) is 0 Å². The molecule has 0 unspecified atom stereocenters. The van der Waals surface area contributed by atoms with Crippen LogP contribution in [0, 0.1) is 0 Å². The molecule has 1 heterocycles. The molecule has 2 aromatic rings. The fourth-order valence-electron chi connectivity index (χ4n) is 0.973. The van der Waals surface area contributed by atoms with E-state index in [9.17, 15) is 0 Å². The van der Waals surface area contributed by atoms with Gasteiger partial charge in [-0.25, -0.2) is 4.98 Å². The van der Waals surface area contributed by atoms with Crippen molar-refractivity contribution in [2.75, 3.05) is 5.73 Å². The lowest BCUT2D eigenvalue weighted by Gasteiger charge is -1.81. The highest BCUT2D eigenvalue weighted by molar-refractivity contribution is 5.76. The first-order chi connectivity index (χ1) is 6.86. The standard InChI is InChI=1S/C7H7N3.2C2H4/c8-7-9-5-3-1-2-4-6(5)10-7;2*1-2/h1-4H,(H3,8,9,10);2*1-2H2. The maximum absolute atomic E-state index is 5.42. The van der Waals surface area contributed by atoms with Gasteiger partial charge in [0.05, 0.1) is 11.0 Å². The van der Waals surface area contributed by atoms with Crippen LogP contribution in [0.3, 0.4) is 0 Å². The number of nitrogen functional groups attached to an aromatic ring is 1. The number of aromatic amines is 1. The third-order valence-corrected chi connectivity index (χ3v) is 1.41. The summed E-state index contributed by atoms with van der Waals surface area (Å²) in [5.41, 5.74) is 7.33. The zero-order valence-electron chi connectivity index (χ0n) is 8.16. The molecule has 0 aliphatic rings. The van der Waals surface area contributed by atoms with Crippen LogP contribution in [0.25, 0.3) is 11.0 Å². The van der Waals surface area contributed by atoms with E-state index < -0.39 is 0 Å². The number of anilines is 1. The summed E-state index contributed by atoms with van der Waals surface area (Å²) in [7, 11) is 0. The number of aromatic nitrogens is 2. The van der Waals surface area contributed by atoms with Gasteiger partial charge in [-0.05, 0) is 12.1 Å². The van der Waals surface area contributed by atoms with Crippen LogP contribution in [0.1, 0.15) is 0 Å². The Bertz CT molecular complexity index is 344. The maximum atomic E-state index is 5.42. The molecule has 0 bridgehead atoms. The lowest BCUT2D eigenvalue weighted by molar-refractivity contribution is 1.35. The van der Waals surface area contributed by atoms with Gasteiger partial charge in [-0.3, -0.25) is 0 Å². The van der Waals surface area contributed by atoms with E-state index in [-0.39, 0.29) is 0 Å². The zero-order chi connectivity index (χ0) is 11.0. The Kier molecular flexibility index (Phi) is 5.54. The van der Waals surface area contributed by atoms with Crippen molar-refractivity contribution in [2.24, 2.45) is 0 Å². The van der Waals surface area contributed by atoms with Crippen molar-refractivity contribution in [3.63, 3.8) is 0 Å². The Labute approximate surface area is 84.0 Å². The SMILES string of the molecule is C=C.C=C.Nc1nc2ccccc2[nH]1. The van der Waals surface area contributed by atoms with Crippen LogP contribution in [0.15, 0.2) is 50.6 Å². The Morgan fingerprint density at radius 3 is 2.21 bits per heavy atom. The van der Waals surface area contributed by atoms with Gasteiger partial charge in [-0.1, -0.05) is 12.1 Å². The molecule has 1 aromatic carbocycles. The quantitative estimate of drug-likeness (QED) is 0.626. The number of H-pyrrole nitrogens is 1. The topological polar surface area (TPSA) is 54.7 Å². The summed E-state index contributed by atoms with van der Waals surface area (Å²) in [6.45, 7) is 12.0. The summed E-state index contributed by atoms with van der Waals surface area (Å²) in [6.07, 6.45) is 0.